The third-order valence-electron chi connectivity index (χ3n) is 2.56. The van der Waals surface area contributed by atoms with Crippen LogP contribution in [0.3, 0.4) is 0 Å². The van der Waals surface area contributed by atoms with E-state index in [0.717, 1.165) is 4.57 Å². The summed E-state index contributed by atoms with van der Waals surface area (Å²) in [5, 5.41) is 8.98. The molecule has 1 heterocycles. The van der Waals surface area contributed by atoms with Crippen molar-refractivity contribution in [3.05, 3.63) is 69.9 Å². The molecule has 4 nitrogen and oxygen atoms in total. The Bertz CT molecular complexity index is 649. The summed E-state index contributed by atoms with van der Waals surface area (Å²) >= 11 is 0. The number of carbonyl (C=O) groups is 1. The molecular weight excluding hydrogens is 237 g/mol. The molecule has 92 valence electrons. The summed E-state index contributed by atoms with van der Waals surface area (Å²) in [6.07, 6.45) is 0. The van der Waals surface area contributed by atoms with Gasteiger partial charge >= 0.3 is 5.97 Å². The average molecular weight is 247 g/mol. The van der Waals surface area contributed by atoms with E-state index in [1.807, 2.05) is 0 Å². The number of carboxylic acids is 1. The van der Waals surface area contributed by atoms with Crippen LogP contribution in [-0.4, -0.2) is 15.6 Å². The number of hydrogen-bond acceptors (Lipinski definition) is 2. The topological polar surface area (TPSA) is 59.3 Å². The van der Waals surface area contributed by atoms with Crippen LogP contribution in [-0.2, 0) is 6.54 Å². The first-order valence-corrected chi connectivity index (χ1v) is 5.26. The summed E-state index contributed by atoms with van der Waals surface area (Å²) in [6.45, 7) is -0.103. The zero-order chi connectivity index (χ0) is 13.1. The lowest BCUT2D eigenvalue weighted by Gasteiger charge is -2.09. The van der Waals surface area contributed by atoms with E-state index < -0.39 is 17.3 Å². The molecule has 0 fully saturated rings. The Hall–Kier alpha value is -2.43. The molecule has 0 atom stereocenters. The zero-order valence-corrected chi connectivity index (χ0v) is 9.34. The molecule has 0 unspecified atom stereocenters. The van der Waals surface area contributed by atoms with E-state index in [1.54, 1.807) is 6.07 Å². The van der Waals surface area contributed by atoms with Gasteiger partial charge in [0.05, 0.1) is 6.54 Å². The number of pyridine rings is 1. The first-order valence-electron chi connectivity index (χ1n) is 5.26. The fraction of sp³-hybridized carbons (Fsp3) is 0.0769. The second kappa shape index (κ2) is 4.83. The van der Waals surface area contributed by atoms with Gasteiger partial charge in [0, 0.05) is 11.6 Å². The highest BCUT2D eigenvalue weighted by Gasteiger charge is 2.12. The van der Waals surface area contributed by atoms with Gasteiger partial charge in [-0.1, -0.05) is 24.3 Å². The molecule has 2 aromatic rings. The number of rotatable bonds is 3. The number of nitrogens with zero attached hydrogens (tertiary/aromatic N) is 1. The number of aromatic carboxylic acids is 1. The van der Waals surface area contributed by atoms with Gasteiger partial charge < -0.3 is 5.11 Å². The third kappa shape index (κ3) is 2.29. The minimum atomic E-state index is -1.22. The Balaban J connectivity index is 2.50. The van der Waals surface area contributed by atoms with Crippen LogP contribution in [0.5, 0.6) is 0 Å². The summed E-state index contributed by atoms with van der Waals surface area (Å²) in [4.78, 5) is 22.6. The van der Waals surface area contributed by atoms with Crippen LogP contribution in [0.25, 0.3) is 0 Å². The molecule has 5 heteroatoms. The molecule has 0 radical (unpaired) electrons. The molecule has 0 bridgehead atoms. The number of hydrogen-bond donors (Lipinski definition) is 1. The zero-order valence-electron chi connectivity index (χ0n) is 9.34. The van der Waals surface area contributed by atoms with Crippen LogP contribution in [0.1, 0.15) is 16.1 Å². The van der Waals surface area contributed by atoms with E-state index >= 15 is 0 Å². The molecule has 0 aliphatic heterocycles. The van der Waals surface area contributed by atoms with Crippen LogP contribution in [0.15, 0.2) is 47.3 Å². The molecule has 1 aromatic heterocycles. The number of benzene rings is 1. The molecule has 0 aliphatic carbocycles. The molecule has 0 aliphatic rings. The molecule has 2 rings (SSSR count). The first-order chi connectivity index (χ1) is 8.59. The summed E-state index contributed by atoms with van der Waals surface area (Å²) in [5.74, 6) is -1.69. The van der Waals surface area contributed by atoms with E-state index in [0.29, 0.717) is 0 Å². The van der Waals surface area contributed by atoms with Gasteiger partial charge in [0.1, 0.15) is 11.5 Å². The van der Waals surface area contributed by atoms with Crippen molar-refractivity contribution in [2.24, 2.45) is 0 Å². The van der Waals surface area contributed by atoms with Gasteiger partial charge in [-0.05, 0) is 12.1 Å². The van der Waals surface area contributed by atoms with E-state index in [2.05, 4.69) is 0 Å². The highest BCUT2D eigenvalue weighted by molar-refractivity contribution is 5.85. The quantitative estimate of drug-likeness (QED) is 0.898. The molecule has 0 saturated carbocycles. The van der Waals surface area contributed by atoms with Gasteiger partial charge in [-0.25, -0.2) is 9.18 Å². The molecule has 0 saturated heterocycles. The van der Waals surface area contributed by atoms with Crippen molar-refractivity contribution in [1.29, 1.82) is 0 Å². The monoisotopic (exact) mass is 247 g/mol. The van der Waals surface area contributed by atoms with Crippen molar-refractivity contribution >= 4 is 5.97 Å². The molecular formula is C13H10FNO3. The SMILES string of the molecule is O=C(O)c1cccc(=O)n1Cc1ccccc1F. The third-order valence-corrected chi connectivity index (χ3v) is 2.56. The lowest BCUT2D eigenvalue weighted by atomic mass is 10.2. The van der Waals surface area contributed by atoms with Crippen molar-refractivity contribution in [3.8, 4) is 0 Å². The van der Waals surface area contributed by atoms with Gasteiger partial charge in [-0.2, -0.15) is 0 Å². The first kappa shape index (κ1) is 12.0. The van der Waals surface area contributed by atoms with E-state index in [4.69, 9.17) is 5.11 Å². The van der Waals surface area contributed by atoms with Gasteiger partial charge in [0.15, 0.2) is 0 Å². The molecule has 0 amide bonds. The summed E-state index contributed by atoms with van der Waals surface area (Å²) < 4.78 is 14.5. The van der Waals surface area contributed by atoms with Crippen molar-refractivity contribution in [3.63, 3.8) is 0 Å². The smallest absolute Gasteiger partial charge is 0.352 e. The van der Waals surface area contributed by atoms with Crippen molar-refractivity contribution in [2.75, 3.05) is 0 Å². The maximum atomic E-state index is 13.5. The lowest BCUT2D eigenvalue weighted by molar-refractivity contribution is 0.0684. The highest BCUT2D eigenvalue weighted by atomic mass is 19.1. The van der Waals surface area contributed by atoms with Crippen LogP contribution < -0.4 is 5.56 Å². The Morgan fingerprint density at radius 2 is 1.89 bits per heavy atom. The second-order valence-electron chi connectivity index (χ2n) is 3.73. The minimum absolute atomic E-state index is 0.103. The van der Waals surface area contributed by atoms with Crippen LogP contribution in [0, 0.1) is 5.82 Å². The van der Waals surface area contributed by atoms with E-state index in [-0.39, 0.29) is 17.8 Å². The fourth-order valence-corrected chi connectivity index (χ4v) is 1.67. The average Bonchev–Trinajstić information content (AvgIpc) is 2.34. The van der Waals surface area contributed by atoms with Gasteiger partial charge in [-0.3, -0.25) is 9.36 Å². The van der Waals surface area contributed by atoms with Gasteiger partial charge in [0.25, 0.3) is 5.56 Å². The Kier molecular flexibility index (Phi) is 3.23. The number of halogens is 1. The predicted molar refractivity (Wildman–Crippen MR) is 63.2 cm³/mol. The lowest BCUT2D eigenvalue weighted by Crippen LogP contribution is -2.25. The molecule has 1 N–H and O–H groups in total. The summed E-state index contributed by atoms with van der Waals surface area (Å²) in [5.41, 5.74) is -0.364. The molecule has 18 heavy (non-hydrogen) atoms. The standard InChI is InChI=1S/C13H10FNO3/c14-10-5-2-1-4-9(10)8-15-11(13(17)18)6-3-7-12(15)16/h1-7H,8H2,(H,17,18). The van der Waals surface area contributed by atoms with E-state index in [1.165, 1.54) is 36.4 Å². The Morgan fingerprint density at radius 3 is 2.56 bits per heavy atom. The Labute approximate surface area is 102 Å². The van der Waals surface area contributed by atoms with Crippen LogP contribution in [0.2, 0.25) is 0 Å². The van der Waals surface area contributed by atoms with Crippen molar-refractivity contribution in [2.45, 2.75) is 6.54 Å². The predicted octanol–water partition coefficient (Wildman–Crippen LogP) is 1.73. The summed E-state index contributed by atoms with van der Waals surface area (Å²) in [7, 11) is 0. The maximum absolute atomic E-state index is 13.5. The molecule has 1 aromatic carbocycles. The minimum Gasteiger partial charge on any atom is -0.477 e. The maximum Gasteiger partial charge on any atom is 0.352 e. The largest absolute Gasteiger partial charge is 0.477 e. The fourth-order valence-electron chi connectivity index (χ4n) is 1.67. The van der Waals surface area contributed by atoms with Crippen molar-refractivity contribution in [1.82, 2.24) is 4.57 Å². The van der Waals surface area contributed by atoms with Gasteiger partial charge in [-0.15, -0.1) is 0 Å². The summed E-state index contributed by atoms with van der Waals surface area (Å²) in [6, 6.07) is 9.86. The van der Waals surface area contributed by atoms with Crippen LogP contribution in [0.4, 0.5) is 4.39 Å². The van der Waals surface area contributed by atoms with E-state index in [9.17, 15) is 14.0 Å². The van der Waals surface area contributed by atoms with Gasteiger partial charge in [0.2, 0.25) is 0 Å². The molecule has 0 spiro atoms. The van der Waals surface area contributed by atoms with Crippen LogP contribution >= 0.6 is 0 Å². The number of carboxylic acid groups (broad SMARTS) is 1. The van der Waals surface area contributed by atoms with Crippen molar-refractivity contribution < 1.29 is 14.3 Å². The number of aromatic nitrogens is 1. The second-order valence-corrected chi connectivity index (χ2v) is 3.73. The highest BCUT2D eigenvalue weighted by Crippen LogP contribution is 2.09. The Morgan fingerprint density at radius 1 is 1.17 bits per heavy atom. The normalized spacial score (nSPS) is 10.3.